The summed E-state index contributed by atoms with van der Waals surface area (Å²) in [6.45, 7) is 0. The van der Waals surface area contributed by atoms with Gasteiger partial charge in [-0.15, -0.1) is 0 Å². The molecule has 1 N–H and O–H groups in total. The van der Waals surface area contributed by atoms with E-state index in [1.807, 2.05) is 12.1 Å². The normalized spacial score (nSPS) is 11.0. The van der Waals surface area contributed by atoms with Gasteiger partial charge in [0.2, 0.25) is 0 Å². The smallest absolute Gasteiger partial charge is 0.266 e. The van der Waals surface area contributed by atoms with Crippen molar-refractivity contribution < 1.29 is 9.18 Å². The van der Waals surface area contributed by atoms with Crippen LogP contribution < -0.4 is 5.32 Å². The zero-order chi connectivity index (χ0) is 20.8. The van der Waals surface area contributed by atoms with Crippen molar-refractivity contribution in [2.75, 3.05) is 5.32 Å². The van der Waals surface area contributed by atoms with Gasteiger partial charge < -0.3 is 5.32 Å². The number of benzene rings is 3. The Kier molecular flexibility index (Phi) is 6.82. The second-order valence-corrected chi connectivity index (χ2v) is 7.61. The number of rotatable bonds is 5. The van der Waals surface area contributed by atoms with E-state index in [0.29, 0.717) is 22.7 Å². The van der Waals surface area contributed by atoms with Crippen molar-refractivity contribution in [2.24, 2.45) is 0 Å². The van der Waals surface area contributed by atoms with Crippen molar-refractivity contribution in [2.45, 2.75) is 6.42 Å². The average molecular weight is 470 g/mol. The van der Waals surface area contributed by atoms with Crippen LogP contribution in [-0.4, -0.2) is 5.91 Å². The number of amides is 1. The van der Waals surface area contributed by atoms with E-state index in [1.54, 1.807) is 48.5 Å². The van der Waals surface area contributed by atoms with Gasteiger partial charge in [0.25, 0.3) is 5.91 Å². The predicted molar refractivity (Wildman–Crippen MR) is 117 cm³/mol. The maximum Gasteiger partial charge on any atom is 0.266 e. The summed E-state index contributed by atoms with van der Waals surface area (Å²) in [5, 5.41) is 12.5. The molecule has 0 spiro atoms. The van der Waals surface area contributed by atoms with E-state index >= 15 is 0 Å². The predicted octanol–water partition coefficient (Wildman–Crippen LogP) is 6.38. The molecule has 0 saturated carbocycles. The summed E-state index contributed by atoms with van der Waals surface area (Å²) in [4.78, 5) is 12.4. The number of nitrogens with one attached hydrogen (secondary N) is 1. The van der Waals surface area contributed by atoms with Gasteiger partial charge in [0.15, 0.2) is 0 Å². The van der Waals surface area contributed by atoms with Crippen LogP contribution in [0.15, 0.2) is 76.8 Å². The summed E-state index contributed by atoms with van der Waals surface area (Å²) in [7, 11) is 0. The van der Waals surface area contributed by atoms with Crippen molar-refractivity contribution in [3.63, 3.8) is 0 Å². The highest BCUT2D eigenvalue weighted by molar-refractivity contribution is 9.10. The first-order chi connectivity index (χ1) is 13.9. The molecule has 0 bridgehead atoms. The molecule has 3 aromatic rings. The Morgan fingerprint density at radius 2 is 1.90 bits per heavy atom. The van der Waals surface area contributed by atoms with Crippen LogP contribution >= 0.6 is 27.5 Å². The van der Waals surface area contributed by atoms with Gasteiger partial charge in [-0.3, -0.25) is 4.79 Å². The molecule has 0 aliphatic heterocycles. The molecule has 0 radical (unpaired) electrons. The number of nitrogens with zero attached hydrogens (tertiary/aromatic N) is 1. The van der Waals surface area contributed by atoms with Crippen LogP contribution in [0, 0.1) is 17.1 Å². The van der Waals surface area contributed by atoms with Gasteiger partial charge in [-0.2, -0.15) is 5.26 Å². The molecule has 29 heavy (non-hydrogen) atoms. The third-order valence-electron chi connectivity index (χ3n) is 4.14. The molecule has 0 aliphatic rings. The summed E-state index contributed by atoms with van der Waals surface area (Å²) in [5.41, 5.74) is 2.80. The zero-order valence-electron chi connectivity index (χ0n) is 15.1. The van der Waals surface area contributed by atoms with Crippen molar-refractivity contribution >= 4 is 45.2 Å². The van der Waals surface area contributed by atoms with E-state index in [-0.39, 0.29) is 11.4 Å². The zero-order valence-corrected chi connectivity index (χ0v) is 17.5. The Hall–Kier alpha value is -2.94. The second-order valence-electron chi connectivity index (χ2n) is 6.29. The Morgan fingerprint density at radius 3 is 2.55 bits per heavy atom. The number of hydrogen-bond donors (Lipinski definition) is 1. The highest BCUT2D eigenvalue weighted by Gasteiger charge is 2.11. The van der Waals surface area contributed by atoms with Crippen LogP contribution in [0.5, 0.6) is 0 Å². The van der Waals surface area contributed by atoms with E-state index in [9.17, 15) is 14.4 Å². The van der Waals surface area contributed by atoms with Crippen LogP contribution in [0.1, 0.15) is 16.7 Å². The lowest BCUT2D eigenvalue weighted by Crippen LogP contribution is -2.13. The molecule has 0 unspecified atom stereocenters. The number of carbonyl (C=O) groups excluding carboxylic acids is 1. The second kappa shape index (κ2) is 9.51. The molecule has 0 aliphatic carbocycles. The van der Waals surface area contributed by atoms with Crippen molar-refractivity contribution in [3.05, 3.63) is 104 Å². The molecular formula is C23H15BrClFN2O. The standard InChI is InChI=1S/C23H15BrClFN2O/c24-19-6-8-21(9-7-19)28-23(29)18(14-27)11-16-4-5-17(22(25)13-16)10-15-2-1-3-20(26)12-15/h1-9,11-13H,10H2,(H,28,29)/b18-11+. The van der Waals surface area contributed by atoms with Gasteiger partial charge in [-0.25, -0.2) is 4.39 Å². The number of hydrogen-bond acceptors (Lipinski definition) is 2. The lowest BCUT2D eigenvalue weighted by molar-refractivity contribution is -0.112. The van der Waals surface area contributed by atoms with Crippen molar-refractivity contribution in [1.29, 1.82) is 5.26 Å². The van der Waals surface area contributed by atoms with E-state index in [0.717, 1.165) is 15.6 Å². The number of anilines is 1. The molecule has 144 valence electrons. The maximum atomic E-state index is 13.4. The first-order valence-electron chi connectivity index (χ1n) is 8.66. The Bertz CT molecular complexity index is 1120. The van der Waals surface area contributed by atoms with Gasteiger partial charge in [0.05, 0.1) is 0 Å². The average Bonchev–Trinajstić information content (AvgIpc) is 2.70. The van der Waals surface area contributed by atoms with Crippen LogP contribution in [-0.2, 0) is 11.2 Å². The molecule has 6 heteroatoms. The summed E-state index contributed by atoms with van der Waals surface area (Å²) >= 11 is 9.69. The van der Waals surface area contributed by atoms with Gasteiger partial charge in [-0.05, 0) is 71.7 Å². The lowest BCUT2D eigenvalue weighted by atomic mass is 10.0. The SMILES string of the molecule is N#C/C(=C\c1ccc(Cc2cccc(F)c2)c(Cl)c1)C(=O)Nc1ccc(Br)cc1. The van der Waals surface area contributed by atoms with Gasteiger partial charge in [0, 0.05) is 15.2 Å². The van der Waals surface area contributed by atoms with E-state index in [4.69, 9.17) is 11.6 Å². The minimum absolute atomic E-state index is 0.0399. The first kappa shape index (κ1) is 20.8. The molecule has 0 saturated heterocycles. The molecular weight excluding hydrogens is 455 g/mol. The number of halogens is 3. The largest absolute Gasteiger partial charge is 0.321 e. The minimum atomic E-state index is -0.505. The van der Waals surface area contributed by atoms with E-state index < -0.39 is 5.91 Å². The minimum Gasteiger partial charge on any atom is -0.321 e. The third kappa shape index (κ3) is 5.77. The van der Waals surface area contributed by atoms with Gasteiger partial charge >= 0.3 is 0 Å². The fraction of sp³-hybridized carbons (Fsp3) is 0.0435. The Balaban J connectivity index is 1.77. The monoisotopic (exact) mass is 468 g/mol. The molecule has 0 atom stereocenters. The first-order valence-corrected chi connectivity index (χ1v) is 9.83. The Labute approximate surface area is 181 Å². The van der Waals surface area contributed by atoms with E-state index in [1.165, 1.54) is 18.2 Å². The summed E-state index contributed by atoms with van der Waals surface area (Å²) in [5.74, 6) is -0.802. The fourth-order valence-electron chi connectivity index (χ4n) is 2.71. The Morgan fingerprint density at radius 1 is 1.14 bits per heavy atom. The topological polar surface area (TPSA) is 52.9 Å². The van der Waals surface area contributed by atoms with Crippen LogP contribution in [0.4, 0.5) is 10.1 Å². The molecule has 0 aromatic heterocycles. The van der Waals surface area contributed by atoms with Crippen LogP contribution in [0.2, 0.25) is 5.02 Å². The van der Waals surface area contributed by atoms with Crippen LogP contribution in [0.25, 0.3) is 6.08 Å². The quantitative estimate of drug-likeness (QED) is 0.348. The maximum absolute atomic E-state index is 13.4. The highest BCUT2D eigenvalue weighted by Crippen LogP contribution is 2.23. The fourth-order valence-corrected chi connectivity index (χ4v) is 3.23. The lowest BCUT2D eigenvalue weighted by Gasteiger charge is -2.07. The molecule has 3 rings (SSSR count). The highest BCUT2D eigenvalue weighted by atomic mass is 79.9. The van der Waals surface area contributed by atoms with Gasteiger partial charge in [0.1, 0.15) is 17.5 Å². The molecule has 0 heterocycles. The number of carbonyl (C=O) groups is 1. The molecule has 3 nitrogen and oxygen atoms in total. The van der Waals surface area contributed by atoms with Crippen molar-refractivity contribution in [3.8, 4) is 6.07 Å². The summed E-state index contributed by atoms with van der Waals surface area (Å²) in [6, 6.07) is 20.6. The molecule has 3 aromatic carbocycles. The molecule has 1 amide bonds. The summed E-state index contributed by atoms with van der Waals surface area (Å²) < 4.78 is 14.2. The summed E-state index contributed by atoms with van der Waals surface area (Å²) in [6.07, 6.45) is 1.96. The third-order valence-corrected chi connectivity index (χ3v) is 5.02. The van der Waals surface area contributed by atoms with Crippen LogP contribution in [0.3, 0.4) is 0 Å². The van der Waals surface area contributed by atoms with Crippen molar-refractivity contribution in [1.82, 2.24) is 0 Å². The van der Waals surface area contributed by atoms with E-state index in [2.05, 4.69) is 21.2 Å². The van der Waals surface area contributed by atoms with Gasteiger partial charge in [-0.1, -0.05) is 51.8 Å². The number of nitriles is 1. The molecule has 0 fully saturated rings.